The van der Waals surface area contributed by atoms with E-state index in [4.69, 9.17) is 9.26 Å². The first-order valence-electron chi connectivity index (χ1n) is 5.26. The third kappa shape index (κ3) is 2.21. The Balaban J connectivity index is 2.27. The van der Waals surface area contributed by atoms with Gasteiger partial charge in [0, 0.05) is 0 Å². The molecule has 0 aliphatic carbocycles. The molecule has 4 heteroatoms. The number of benzene rings is 1. The zero-order valence-electron chi connectivity index (χ0n) is 9.59. The second-order valence-corrected chi connectivity index (χ2v) is 9.08. The van der Waals surface area contributed by atoms with Gasteiger partial charge in [0.25, 0.3) is 0 Å². The molecule has 1 aromatic carbocycles. The molecule has 1 aromatic rings. The summed E-state index contributed by atoms with van der Waals surface area (Å²) in [6.07, 6.45) is 5.19. The third-order valence-electron chi connectivity index (χ3n) is 2.74. The SMILES string of the molecule is COc1ccccc1OP1(C)(O)CC=CC1. The van der Waals surface area contributed by atoms with Crippen molar-refractivity contribution in [2.45, 2.75) is 0 Å². The number of para-hydroxylation sites is 2. The van der Waals surface area contributed by atoms with Gasteiger partial charge in [0.1, 0.15) is 0 Å². The van der Waals surface area contributed by atoms with Crippen molar-refractivity contribution in [3.8, 4) is 11.5 Å². The van der Waals surface area contributed by atoms with Gasteiger partial charge in [-0.1, -0.05) is 0 Å². The first-order valence-corrected chi connectivity index (χ1v) is 8.18. The molecule has 2 rings (SSSR count). The summed E-state index contributed by atoms with van der Waals surface area (Å²) < 4.78 is 11.1. The quantitative estimate of drug-likeness (QED) is 0.652. The van der Waals surface area contributed by atoms with Gasteiger partial charge in [0.05, 0.1) is 0 Å². The minimum atomic E-state index is -3.04. The molecule has 0 atom stereocenters. The molecule has 88 valence electrons. The molecule has 0 spiro atoms. The standard InChI is InChI=1S/C12H17O3P/c1-14-11-7-3-4-8-12(11)15-16(2,13)9-5-6-10-16/h3-8,13H,9-10H2,1-2H3. The molecule has 1 heterocycles. The van der Waals surface area contributed by atoms with Crippen molar-refractivity contribution in [3.05, 3.63) is 36.4 Å². The summed E-state index contributed by atoms with van der Waals surface area (Å²) in [5, 5.41) is 0. The van der Waals surface area contributed by atoms with Crippen molar-refractivity contribution in [2.24, 2.45) is 0 Å². The summed E-state index contributed by atoms with van der Waals surface area (Å²) in [4.78, 5) is 10.6. The van der Waals surface area contributed by atoms with Gasteiger partial charge in [-0.15, -0.1) is 0 Å². The minimum absolute atomic E-state index is 0.615. The topological polar surface area (TPSA) is 38.7 Å². The first-order chi connectivity index (χ1) is 7.52. The van der Waals surface area contributed by atoms with E-state index in [1.54, 1.807) is 7.11 Å². The summed E-state index contributed by atoms with van der Waals surface area (Å²) in [6, 6.07) is 7.41. The van der Waals surface area contributed by atoms with Crippen molar-refractivity contribution in [1.29, 1.82) is 0 Å². The van der Waals surface area contributed by atoms with Gasteiger partial charge >= 0.3 is 95.2 Å². The normalized spacial score (nSPS) is 23.3. The molecule has 0 fully saturated rings. The average Bonchev–Trinajstić information content (AvgIpc) is 2.61. The number of ether oxygens (including phenoxy) is 1. The van der Waals surface area contributed by atoms with Crippen LogP contribution in [0.25, 0.3) is 0 Å². The van der Waals surface area contributed by atoms with Gasteiger partial charge in [-0.2, -0.15) is 0 Å². The van der Waals surface area contributed by atoms with Crippen LogP contribution in [0.3, 0.4) is 0 Å². The van der Waals surface area contributed by atoms with Crippen LogP contribution in [0.5, 0.6) is 11.5 Å². The van der Waals surface area contributed by atoms with E-state index in [1.807, 2.05) is 43.1 Å². The van der Waals surface area contributed by atoms with E-state index in [0.29, 0.717) is 23.8 Å². The summed E-state index contributed by atoms with van der Waals surface area (Å²) in [6.45, 7) is 1.83. The zero-order chi connectivity index (χ0) is 11.7. The molecule has 0 saturated carbocycles. The van der Waals surface area contributed by atoms with Gasteiger partial charge in [-0.25, -0.2) is 0 Å². The third-order valence-corrected chi connectivity index (χ3v) is 5.75. The fraction of sp³-hybridized carbons (Fsp3) is 0.333. The van der Waals surface area contributed by atoms with Gasteiger partial charge in [-0.05, 0) is 0 Å². The maximum absolute atomic E-state index is 10.6. The Kier molecular flexibility index (Phi) is 2.69. The Labute approximate surface area is 95.8 Å². The van der Waals surface area contributed by atoms with Crippen molar-refractivity contribution in [1.82, 2.24) is 0 Å². The Morgan fingerprint density at radius 3 is 2.25 bits per heavy atom. The first kappa shape index (κ1) is 11.4. The second kappa shape index (κ2) is 3.76. The molecule has 1 aliphatic heterocycles. The zero-order valence-corrected chi connectivity index (χ0v) is 10.5. The Bertz CT molecular complexity index is 414. The van der Waals surface area contributed by atoms with Crippen molar-refractivity contribution in [2.75, 3.05) is 26.1 Å². The van der Waals surface area contributed by atoms with Crippen LogP contribution in [0, 0.1) is 0 Å². The number of hydrogen-bond acceptors (Lipinski definition) is 3. The van der Waals surface area contributed by atoms with Crippen molar-refractivity contribution >= 4 is 7.06 Å². The van der Waals surface area contributed by atoms with Crippen molar-refractivity contribution in [3.63, 3.8) is 0 Å². The summed E-state index contributed by atoms with van der Waals surface area (Å²) in [5.41, 5.74) is 0. The Morgan fingerprint density at radius 1 is 1.12 bits per heavy atom. The van der Waals surface area contributed by atoms with Crippen LogP contribution in [-0.2, 0) is 0 Å². The molecule has 0 unspecified atom stereocenters. The van der Waals surface area contributed by atoms with Gasteiger partial charge < -0.3 is 0 Å². The molecular formula is C12H17O3P. The van der Waals surface area contributed by atoms with E-state index in [2.05, 4.69) is 0 Å². The predicted octanol–water partition coefficient (Wildman–Crippen LogP) is 2.65. The van der Waals surface area contributed by atoms with Gasteiger partial charge in [0.2, 0.25) is 0 Å². The second-order valence-electron chi connectivity index (χ2n) is 4.44. The number of rotatable bonds is 3. The average molecular weight is 240 g/mol. The van der Waals surface area contributed by atoms with E-state index in [0.717, 1.165) is 0 Å². The van der Waals surface area contributed by atoms with Crippen LogP contribution in [0.4, 0.5) is 0 Å². The van der Waals surface area contributed by atoms with Crippen molar-refractivity contribution < 1.29 is 14.2 Å². The van der Waals surface area contributed by atoms with E-state index in [-0.39, 0.29) is 0 Å². The van der Waals surface area contributed by atoms with Gasteiger partial charge in [0.15, 0.2) is 0 Å². The van der Waals surface area contributed by atoms with Crippen LogP contribution in [-0.4, -0.2) is 31.0 Å². The molecule has 1 aliphatic rings. The summed E-state index contributed by atoms with van der Waals surface area (Å²) >= 11 is 0. The van der Waals surface area contributed by atoms with E-state index >= 15 is 0 Å². The van der Waals surface area contributed by atoms with Crippen LogP contribution in [0.1, 0.15) is 0 Å². The number of methoxy groups -OCH3 is 1. The molecule has 0 bridgehead atoms. The summed E-state index contributed by atoms with van der Waals surface area (Å²) in [5.74, 6) is 1.28. The number of allylic oxidation sites excluding steroid dienone is 2. The van der Waals surface area contributed by atoms with E-state index in [9.17, 15) is 4.89 Å². The maximum atomic E-state index is 10.6. The molecule has 1 N–H and O–H groups in total. The van der Waals surface area contributed by atoms with Crippen LogP contribution in [0.2, 0.25) is 0 Å². The molecule has 0 saturated heterocycles. The van der Waals surface area contributed by atoms with E-state index < -0.39 is 7.06 Å². The molecule has 0 aromatic heterocycles. The molecule has 16 heavy (non-hydrogen) atoms. The predicted molar refractivity (Wildman–Crippen MR) is 67.6 cm³/mol. The Morgan fingerprint density at radius 2 is 1.69 bits per heavy atom. The molecule has 3 nitrogen and oxygen atoms in total. The fourth-order valence-electron chi connectivity index (χ4n) is 1.81. The van der Waals surface area contributed by atoms with Crippen LogP contribution < -0.4 is 9.26 Å². The van der Waals surface area contributed by atoms with E-state index in [1.165, 1.54) is 0 Å². The van der Waals surface area contributed by atoms with Gasteiger partial charge in [-0.3, -0.25) is 0 Å². The Hall–Kier alpha value is -1.05. The molecule has 0 amide bonds. The number of hydrogen-bond donors (Lipinski definition) is 1. The molecule has 0 radical (unpaired) electrons. The monoisotopic (exact) mass is 240 g/mol. The molecular weight excluding hydrogens is 223 g/mol. The fourth-order valence-corrected chi connectivity index (χ4v) is 4.20. The van der Waals surface area contributed by atoms with Crippen LogP contribution in [0.15, 0.2) is 36.4 Å². The summed E-state index contributed by atoms with van der Waals surface area (Å²) in [7, 11) is -1.44. The van der Waals surface area contributed by atoms with Crippen LogP contribution >= 0.6 is 7.06 Å².